The van der Waals surface area contributed by atoms with Crippen molar-refractivity contribution in [1.29, 1.82) is 0 Å². The largest absolute Gasteiger partial charge is 0.493 e. The van der Waals surface area contributed by atoms with Gasteiger partial charge in [0, 0.05) is 17.8 Å². The maximum atomic E-state index is 10.6. The van der Waals surface area contributed by atoms with Crippen LogP contribution in [0.1, 0.15) is 19.3 Å². The number of carbonyl (C=O) groups excluding carboxylic acids is 1. The molecule has 18 heavy (non-hydrogen) atoms. The number of benzene rings is 1. The van der Waals surface area contributed by atoms with Crippen molar-refractivity contribution in [3.63, 3.8) is 0 Å². The number of hydrogen-bond acceptors (Lipinski definition) is 4. The van der Waals surface area contributed by atoms with Crippen molar-refractivity contribution in [2.24, 2.45) is 11.5 Å². The molecule has 1 aliphatic carbocycles. The molecule has 5 nitrogen and oxygen atoms in total. The van der Waals surface area contributed by atoms with Gasteiger partial charge in [-0.1, -0.05) is 0 Å². The van der Waals surface area contributed by atoms with Gasteiger partial charge in [-0.2, -0.15) is 0 Å². The van der Waals surface area contributed by atoms with Crippen LogP contribution >= 0.6 is 0 Å². The number of carbonyl (C=O) groups is 1. The normalized spacial score (nSPS) is 22.1. The van der Waals surface area contributed by atoms with Crippen molar-refractivity contribution in [3.05, 3.63) is 24.3 Å². The molecule has 5 heteroatoms. The Bertz CT molecular complexity index is 399. The highest BCUT2D eigenvalue weighted by molar-refractivity contribution is 5.73. The van der Waals surface area contributed by atoms with Crippen molar-refractivity contribution in [2.45, 2.75) is 31.3 Å². The molecular formula is C13H19N3O2. The molecule has 98 valence electrons. The molecule has 0 radical (unpaired) electrons. The van der Waals surface area contributed by atoms with E-state index in [2.05, 4.69) is 5.32 Å². The SMILES string of the molecule is NC(=O)CCOc1ccc(NC2CC(N)C2)cc1. The first kappa shape index (κ1) is 12.7. The van der Waals surface area contributed by atoms with E-state index < -0.39 is 0 Å². The van der Waals surface area contributed by atoms with E-state index in [0.29, 0.717) is 18.7 Å². The minimum absolute atomic E-state index is 0.236. The fourth-order valence-corrected chi connectivity index (χ4v) is 1.93. The number of anilines is 1. The predicted octanol–water partition coefficient (Wildman–Crippen LogP) is 0.842. The van der Waals surface area contributed by atoms with Gasteiger partial charge in [0.25, 0.3) is 0 Å². The molecule has 0 heterocycles. The summed E-state index contributed by atoms with van der Waals surface area (Å²) < 4.78 is 5.39. The average molecular weight is 249 g/mol. The summed E-state index contributed by atoms with van der Waals surface area (Å²) in [6.07, 6.45) is 2.29. The van der Waals surface area contributed by atoms with Crippen LogP contribution in [-0.4, -0.2) is 24.6 Å². The fraction of sp³-hybridized carbons (Fsp3) is 0.462. The number of ether oxygens (including phenoxy) is 1. The quantitative estimate of drug-likeness (QED) is 0.697. The second-order valence-corrected chi connectivity index (χ2v) is 4.66. The van der Waals surface area contributed by atoms with Crippen LogP contribution in [0.2, 0.25) is 0 Å². The Morgan fingerprint density at radius 2 is 2.00 bits per heavy atom. The summed E-state index contributed by atoms with van der Waals surface area (Å²) in [5.74, 6) is 0.390. The molecule has 1 aromatic rings. The van der Waals surface area contributed by atoms with Crippen molar-refractivity contribution < 1.29 is 9.53 Å². The molecule has 0 unspecified atom stereocenters. The number of hydrogen-bond donors (Lipinski definition) is 3. The number of nitrogens with two attached hydrogens (primary N) is 2. The summed E-state index contributed by atoms with van der Waals surface area (Å²) in [4.78, 5) is 10.6. The van der Waals surface area contributed by atoms with Gasteiger partial charge in [0.1, 0.15) is 5.75 Å². The van der Waals surface area contributed by atoms with Gasteiger partial charge >= 0.3 is 0 Å². The lowest BCUT2D eigenvalue weighted by atomic mass is 9.87. The van der Waals surface area contributed by atoms with E-state index >= 15 is 0 Å². The minimum Gasteiger partial charge on any atom is -0.493 e. The summed E-state index contributed by atoms with van der Waals surface area (Å²) in [7, 11) is 0. The van der Waals surface area contributed by atoms with Crippen molar-refractivity contribution in [1.82, 2.24) is 0 Å². The Kier molecular flexibility index (Phi) is 4.04. The van der Waals surface area contributed by atoms with E-state index in [9.17, 15) is 4.79 Å². The number of rotatable bonds is 6. The minimum atomic E-state index is -0.352. The van der Waals surface area contributed by atoms with Crippen molar-refractivity contribution in [2.75, 3.05) is 11.9 Å². The van der Waals surface area contributed by atoms with E-state index in [-0.39, 0.29) is 12.3 Å². The van der Waals surface area contributed by atoms with Crippen LogP contribution in [0, 0.1) is 0 Å². The second kappa shape index (κ2) is 5.73. The third kappa shape index (κ3) is 3.63. The van der Waals surface area contributed by atoms with Crippen molar-refractivity contribution >= 4 is 11.6 Å². The van der Waals surface area contributed by atoms with Crippen LogP contribution in [0.3, 0.4) is 0 Å². The standard InChI is InChI=1S/C13H19N3O2/c14-9-7-11(8-9)16-10-1-3-12(4-2-10)18-6-5-13(15)17/h1-4,9,11,16H,5-8,14H2,(H2,15,17). The summed E-state index contributed by atoms with van der Waals surface area (Å²) in [5, 5.41) is 3.40. The topological polar surface area (TPSA) is 90.4 Å². The molecular weight excluding hydrogens is 230 g/mol. The van der Waals surface area contributed by atoms with Gasteiger partial charge in [0.15, 0.2) is 0 Å². The smallest absolute Gasteiger partial charge is 0.220 e. The molecule has 0 aromatic heterocycles. The van der Waals surface area contributed by atoms with Crippen LogP contribution in [-0.2, 0) is 4.79 Å². The van der Waals surface area contributed by atoms with Crippen LogP contribution < -0.4 is 21.5 Å². The number of amides is 1. The summed E-state index contributed by atoms with van der Waals surface area (Å²) in [5.41, 5.74) is 11.8. The molecule has 0 spiro atoms. The van der Waals surface area contributed by atoms with Gasteiger partial charge in [-0.15, -0.1) is 0 Å². The van der Waals surface area contributed by atoms with Crippen LogP contribution in [0.5, 0.6) is 5.75 Å². The first-order valence-corrected chi connectivity index (χ1v) is 6.17. The third-order valence-corrected chi connectivity index (χ3v) is 3.02. The summed E-state index contributed by atoms with van der Waals surface area (Å²) in [6, 6.07) is 8.51. The fourth-order valence-electron chi connectivity index (χ4n) is 1.93. The van der Waals surface area contributed by atoms with Crippen LogP contribution in [0.25, 0.3) is 0 Å². The third-order valence-electron chi connectivity index (χ3n) is 3.02. The lowest BCUT2D eigenvalue weighted by Gasteiger charge is -2.33. The summed E-state index contributed by atoms with van der Waals surface area (Å²) >= 11 is 0. The highest BCUT2D eigenvalue weighted by Gasteiger charge is 2.25. The van der Waals surface area contributed by atoms with Gasteiger partial charge in [-0.05, 0) is 37.1 Å². The van der Waals surface area contributed by atoms with E-state index in [0.717, 1.165) is 24.3 Å². The first-order chi connectivity index (χ1) is 8.63. The van der Waals surface area contributed by atoms with Crippen LogP contribution in [0.15, 0.2) is 24.3 Å². The molecule has 1 aliphatic rings. The maximum Gasteiger partial charge on any atom is 0.220 e. The lowest BCUT2D eigenvalue weighted by molar-refractivity contribution is -0.118. The predicted molar refractivity (Wildman–Crippen MR) is 70.4 cm³/mol. The number of nitrogens with one attached hydrogen (secondary N) is 1. The van der Waals surface area contributed by atoms with E-state index in [1.54, 1.807) is 0 Å². The molecule has 1 fully saturated rings. The van der Waals surface area contributed by atoms with Crippen molar-refractivity contribution in [3.8, 4) is 5.75 Å². The summed E-state index contributed by atoms with van der Waals surface area (Å²) in [6.45, 7) is 0.319. The Morgan fingerprint density at radius 1 is 1.33 bits per heavy atom. The molecule has 0 aliphatic heterocycles. The Balaban J connectivity index is 1.76. The molecule has 1 saturated carbocycles. The highest BCUT2D eigenvalue weighted by Crippen LogP contribution is 2.23. The molecule has 0 atom stereocenters. The molecule has 0 bridgehead atoms. The zero-order valence-corrected chi connectivity index (χ0v) is 10.3. The Morgan fingerprint density at radius 3 is 2.56 bits per heavy atom. The second-order valence-electron chi connectivity index (χ2n) is 4.66. The highest BCUT2D eigenvalue weighted by atomic mass is 16.5. The van der Waals surface area contributed by atoms with E-state index in [4.69, 9.17) is 16.2 Å². The molecule has 2 rings (SSSR count). The Hall–Kier alpha value is -1.75. The lowest BCUT2D eigenvalue weighted by Crippen LogP contribution is -2.44. The van der Waals surface area contributed by atoms with E-state index in [1.165, 1.54) is 0 Å². The molecule has 1 aromatic carbocycles. The molecule has 0 saturated heterocycles. The first-order valence-electron chi connectivity index (χ1n) is 6.17. The monoisotopic (exact) mass is 249 g/mol. The van der Waals surface area contributed by atoms with Gasteiger partial charge in [0.05, 0.1) is 13.0 Å². The van der Waals surface area contributed by atoms with Gasteiger partial charge in [0.2, 0.25) is 5.91 Å². The Labute approximate surface area is 106 Å². The van der Waals surface area contributed by atoms with Gasteiger partial charge < -0.3 is 21.5 Å². The maximum absolute atomic E-state index is 10.6. The average Bonchev–Trinajstić information content (AvgIpc) is 2.29. The molecule has 1 amide bonds. The zero-order valence-electron chi connectivity index (χ0n) is 10.3. The zero-order chi connectivity index (χ0) is 13.0. The van der Waals surface area contributed by atoms with E-state index in [1.807, 2.05) is 24.3 Å². The number of primary amides is 1. The van der Waals surface area contributed by atoms with Gasteiger partial charge in [-0.3, -0.25) is 4.79 Å². The van der Waals surface area contributed by atoms with Gasteiger partial charge in [-0.25, -0.2) is 0 Å². The van der Waals surface area contributed by atoms with Crippen LogP contribution in [0.4, 0.5) is 5.69 Å². The molecule has 5 N–H and O–H groups in total.